The lowest BCUT2D eigenvalue weighted by atomic mass is 9.73. The first-order chi connectivity index (χ1) is 13.0. The fraction of sp³-hybridized carbons (Fsp3) is 0.429. The maximum atomic E-state index is 13.1. The Bertz CT molecular complexity index is 783. The zero-order chi connectivity index (χ0) is 18.9. The van der Waals surface area contributed by atoms with E-state index in [1.54, 1.807) is 11.0 Å². The molecule has 27 heavy (non-hydrogen) atoms. The van der Waals surface area contributed by atoms with E-state index in [1.807, 2.05) is 30.3 Å². The number of nitrogens with zero attached hydrogens (tertiary/aromatic N) is 2. The number of piperidine rings is 2. The van der Waals surface area contributed by atoms with Gasteiger partial charge in [0.25, 0.3) is 0 Å². The fourth-order valence-electron chi connectivity index (χ4n) is 4.41. The summed E-state index contributed by atoms with van der Waals surface area (Å²) in [6, 6.07) is 12.3. The Morgan fingerprint density at radius 2 is 1.89 bits per heavy atom. The van der Waals surface area contributed by atoms with Crippen LogP contribution in [0.15, 0.2) is 48.7 Å². The molecular formula is C21H23FN2O3. The van der Waals surface area contributed by atoms with Gasteiger partial charge in [-0.15, -0.1) is 0 Å². The summed E-state index contributed by atoms with van der Waals surface area (Å²) >= 11 is 0. The van der Waals surface area contributed by atoms with E-state index in [4.69, 9.17) is 4.74 Å². The minimum absolute atomic E-state index is 0.0872. The van der Waals surface area contributed by atoms with E-state index in [0.717, 1.165) is 24.8 Å². The molecule has 2 aromatic rings. The second-order valence-corrected chi connectivity index (χ2v) is 7.50. The van der Waals surface area contributed by atoms with Crippen LogP contribution in [-0.4, -0.2) is 33.2 Å². The van der Waals surface area contributed by atoms with Crippen molar-refractivity contribution in [3.05, 3.63) is 65.7 Å². The second-order valence-electron chi connectivity index (χ2n) is 7.50. The number of hydrogen-bond acceptors (Lipinski definition) is 4. The van der Waals surface area contributed by atoms with Crippen molar-refractivity contribution in [2.75, 3.05) is 0 Å². The number of aliphatic hydroxyl groups is 1. The Morgan fingerprint density at radius 3 is 2.52 bits per heavy atom. The summed E-state index contributed by atoms with van der Waals surface area (Å²) in [5.41, 5.74) is 0.465. The van der Waals surface area contributed by atoms with Gasteiger partial charge < -0.3 is 14.7 Å². The molecule has 2 aliphatic rings. The molecule has 2 saturated heterocycles. The lowest BCUT2D eigenvalue weighted by Gasteiger charge is -2.51. The molecule has 0 aliphatic carbocycles. The van der Waals surface area contributed by atoms with Gasteiger partial charge in [0.2, 0.25) is 5.95 Å². The number of carbonyl (C=O) groups is 1. The SMILES string of the molecule is O=C(OCc1ccccc1)N1C2CCCC1CC(O)(c1ccc(F)nc1)C2. The topological polar surface area (TPSA) is 62.7 Å². The molecule has 2 unspecified atom stereocenters. The van der Waals surface area contributed by atoms with Crippen molar-refractivity contribution in [1.82, 2.24) is 9.88 Å². The second kappa shape index (κ2) is 7.27. The van der Waals surface area contributed by atoms with Crippen molar-refractivity contribution in [1.29, 1.82) is 0 Å². The van der Waals surface area contributed by atoms with Gasteiger partial charge >= 0.3 is 6.09 Å². The molecular weight excluding hydrogens is 347 g/mol. The number of amides is 1. The van der Waals surface area contributed by atoms with E-state index in [1.165, 1.54) is 12.3 Å². The van der Waals surface area contributed by atoms with E-state index in [9.17, 15) is 14.3 Å². The van der Waals surface area contributed by atoms with Crippen LogP contribution in [0.2, 0.25) is 0 Å². The summed E-state index contributed by atoms with van der Waals surface area (Å²) in [4.78, 5) is 18.2. The molecule has 2 fully saturated rings. The van der Waals surface area contributed by atoms with Crippen LogP contribution in [0.5, 0.6) is 0 Å². The number of carbonyl (C=O) groups excluding carboxylic acids is 1. The molecule has 1 aromatic heterocycles. The van der Waals surface area contributed by atoms with Crippen LogP contribution >= 0.6 is 0 Å². The maximum Gasteiger partial charge on any atom is 0.410 e. The molecule has 5 nitrogen and oxygen atoms in total. The Hall–Kier alpha value is -2.47. The predicted octanol–water partition coefficient (Wildman–Crippen LogP) is 3.76. The molecule has 2 aliphatic heterocycles. The van der Waals surface area contributed by atoms with Crippen LogP contribution in [0.3, 0.4) is 0 Å². The summed E-state index contributed by atoms with van der Waals surface area (Å²) in [6.45, 7) is 0.238. The first-order valence-electron chi connectivity index (χ1n) is 9.39. The van der Waals surface area contributed by atoms with Gasteiger partial charge in [0.1, 0.15) is 6.61 Å². The predicted molar refractivity (Wildman–Crippen MR) is 97.2 cm³/mol. The number of pyridine rings is 1. The molecule has 1 aromatic carbocycles. The summed E-state index contributed by atoms with van der Waals surface area (Å²) in [5.74, 6) is -0.565. The number of ether oxygens (including phenoxy) is 1. The van der Waals surface area contributed by atoms with Gasteiger partial charge in [0, 0.05) is 36.7 Å². The molecule has 1 amide bonds. The zero-order valence-corrected chi connectivity index (χ0v) is 15.1. The molecule has 142 valence electrons. The number of fused-ring (bicyclic) bond motifs is 2. The van der Waals surface area contributed by atoms with Gasteiger partial charge in [-0.1, -0.05) is 36.4 Å². The number of hydrogen-bond donors (Lipinski definition) is 1. The minimum Gasteiger partial charge on any atom is -0.445 e. The highest BCUT2D eigenvalue weighted by molar-refractivity contribution is 5.69. The summed E-state index contributed by atoms with van der Waals surface area (Å²) in [7, 11) is 0. The van der Waals surface area contributed by atoms with Crippen molar-refractivity contribution in [3.63, 3.8) is 0 Å². The van der Waals surface area contributed by atoms with E-state index in [0.29, 0.717) is 18.4 Å². The zero-order valence-electron chi connectivity index (χ0n) is 15.1. The van der Waals surface area contributed by atoms with Gasteiger partial charge in [-0.3, -0.25) is 0 Å². The number of rotatable bonds is 3. The highest BCUT2D eigenvalue weighted by Gasteiger charge is 2.48. The lowest BCUT2D eigenvalue weighted by molar-refractivity contribution is -0.0898. The van der Waals surface area contributed by atoms with E-state index >= 15 is 0 Å². The third-order valence-electron chi connectivity index (χ3n) is 5.69. The Balaban J connectivity index is 1.48. The van der Waals surface area contributed by atoms with Crippen LogP contribution in [0.25, 0.3) is 0 Å². The molecule has 0 saturated carbocycles. The number of halogens is 1. The van der Waals surface area contributed by atoms with Gasteiger partial charge in [0.15, 0.2) is 0 Å². The Labute approximate surface area is 157 Å². The van der Waals surface area contributed by atoms with Crippen LogP contribution in [0.1, 0.15) is 43.2 Å². The Morgan fingerprint density at radius 1 is 1.19 bits per heavy atom. The third-order valence-corrected chi connectivity index (χ3v) is 5.69. The highest BCUT2D eigenvalue weighted by Crippen LogP contribution is 2.44. The standard InChI is InChI=1S/C21H23FN2O3/c22-19-10-9-16(13-23-19)21(26)11-17-7-4-8-18(12-21)24(17)20(25)27-14-15-5-2-1-3-6-15/h1-3,5-6,9-10,13,17-18,26H,4,7-8,11-12,14H2. The van der Waals surface area contributed by atoms with Crippen molar-refractivity contribution < 1.29 is 19.0 Å². The minimum atomic E-state index is -1.09. The monoisotopic (exact) mass is 370 g/mol. The molecule has 2 atom stereocenters. The first-order valence-corrected chi connectivity index (χ1v) is 9.39. The first kappa shape index (κ1) is 17.9. The smallest absolute Gasteiger partial charge is 0.410 e. The lowest BCUT2D eigenvalue weighted by Crippen LogP contribution is -2.58. The van der Waals surface area contributed by atoms with Crippen LogP contribution in [0, 0.1) is 5.95 Å². The molecule has 4 rings (SSSR count). The van der Waals surface area contributed by atoms with Crippen molar-refractivity contribution >= 4 is 6.09 Å². The fourth-order valence-corrected chi connectivity index (χ4v) is 4.41. The van der Waals surface area contributed by atoms with Gasteiger partial charge in [-0.25, -0.2) is 9.78 Å². The summed E-state index contributed by atoms with van der Waals surface area (Å²) < 4.78 is 18.7. The molecule has 1 N–H and O–H groups in total. The summed E-state index contributed by atoms with van der Waals surface area (Å²) in [6.07, 6.45) is 4.58. The molecule has 2 bridgehead atoms. The van der Waals surface area contributed by atoms with Crippen molar-refractivity contribution in [3.8, 4) is 0 Å². The summed E-state index contributed by atoms with van der Waals surface area (Å²) in [5, 5.41) is 11.2. The van der Waals surface area contributed by atoms with E-state index in [2.05, 4.69) is 4.98 Å². The van der Waals surface area contributed by atoms with Crippen LogP contribution in [-0.2, 0) is 16.9 Å². The van der Waals surface area contributed by atoms with Crippen molar-refractivity contribution in [2.45, 2.75) is 56.4 Å². The van der Waals surface area contributed by atoms with Gasteiger partial charge in [-0.05, 0) is 30.9 Å². The van der Waals surface area contributed by atoms with Gasteiger partial charge in [0.05, 0.1) is 5.60 Å². The van der Waals surface area contributed by atoms with E-state index in [-0.39, 0.29) is 24.8 Å². The third kappa shape index (κ3) is 3.67. The number of benzene rings is 1. The largest absolute Gasteiger partial charge is 0.445 e. The normalized spacial score (nSPS) is 27.3. The van der Waals surface area contributed by atoms with Gasteiger partial charge in [-0.2, -0.15) is 4.39 Å². The highest BCUT2D eigenvalue weighted by atomic mass is 19.1. The molecule has 0 spiro atoms. The molecule has 6 heteroatoms. The van der Waals surface area contributed by atoms with Crippen LogP contribution in [0.4, 0.5) is 9.18 Å². The van der Waals surface area contributed by atoms with Crippen molar-refractivity contribution in [2.24, 2.45) is 0 Å². The molecule has 3 heterocycles. The average Bonchev–Trinajstić information content (AvgIpc) is 2.67. The number of aromatic nitrogens is 1. The van der Waals surface area contributed by atoms with E-state index < -0.39 is 11.5 Å². The quantitative estimate of drug-likeness (QED) is 0.836. The molecule has 0 radical (unpaired) electrons. The van der Waals surface area contributed by atoms with Crippen LogP contribution < -0.4 is 0 Å². The average molecular weight is 370 g/mol. The Kier molecular flexibility index (Phi) is 4.83. The maximum absolute atomic E-state index is 13.1.